The van der Waals surface area contributed by atoms with Crippen LogP contribution in [0.15, 0.2) is 146 Å². The Kier molecular flexibility index (Phi) is 22.9. The number of benzene rings is 6. The number of piperidine rings is 12. The van der Waals surface area contributed by atoms with Crippen LogP contribution < -0.4 is 45.3 Å². The molecule has 12 aliphatic heterocycles. The van der Waals surface area contributed by atoms with Gasteiger partial charge in [-0.15, -0.1) is 0 Å². The molecule has 6 aromatic carbocycles. The summed E-state index contributed by atoms with van der Waals surface area (Å²) in [5, 5.41) is 10.6. The fourth-order valence-electron chi connectivity index (χ4n) is 25.1. The maximum atomic E-state index is 3.53. The lowest BCUT2D eigenvalue weighted by Crippen LogP contribution is -2.29. The standard InChI is InChI=1S/3C18H26N2.3C16H22N2/c3*1-2-19-13-16-12-18(16,14-19)15-6-8-17(9-7-15)20-10-4-3-5-11-20;3*1-2-8-18(9-3-1)15-6-4-13(5-7-15)16-10-14(16)11-17-12-16/h3*6-9,16H,2-5,10-14H2,1H3;3*4-7,14,17H,1-3,8-12H2/t2*16-,18+;;2*14-,16+;/m10.10./s1. The summed E-state index contributed by atoms with van der Waals surface area (Å²) in [5.41, 5.74) is 21.2. The number of anilines is 6. The molecule has 18 fully saturated rings. The maximum absolute atomic E-state index is 3.53. The van der Waals surface area contributed by atoms with Crippen molar-refractivity contribution in [3.8, 4) is 0 Å². The summed E-state index contributed by atoms with van der Waals surface area (Å²) in [7, 11) is 0. The zero-order valence-electron chi connectivity index (χ0n) is 70.9. The van der Waals surface area contributed by atoms with Gasteiger partial charge in [0.05, 0.1) is 0 Å². The number of hydrogen-bond acceptors (Lipinski definition) is 12. The molecule has 114 heavy (non-hydrogen) atoms. The summed E-state index contributed by atoms with van der Waals surface area (Å²) < 4.78 is 0. The largest absolute Gasteiger partial charge is 0.372 e. The van der Waals surface area contributed by atoms with Gasteiger partial charge < -0.3 is 60.0 Å². The lowest BCUT2D eigenvalue weighted by atomic mass is 9.94. The van der Waals surface area contributed by atoms with Crippen LogP contribution in [-0.4, -0.2) is 191 Å². The van der Waals surface area contributed by atoms with E-state index in [-0.39, 0.29) is 0 Å². The minimum atomic E-state index is 0.514. The molecule has 3 N–H and O–H groups in total. The van der Waals surface area contributed by atoms with Gasteiger partial charge in [0, 0.05) is 204 Å². The first-order valence-electron chi connectivity index (χ1n) is 47.5. The molecule has 0 bridgehead atoms. The highest BCUT2D eigenvalue weighted by Crippen LogP contribution is 2.63. The number of rotatable bonds is 15. The molecule has 12 saturated heterocycles. The summed E-state index contributed by atoms with van der Waals surface area (Å²) in [6, 6.07) is 57.2. The van der Waals surface area contributed by atoms with Crippen molar-refractivity contribution in [3.05, 3.63) is 179 Å². The van der Waals surface area contributed by atoms with Crippen molar-refractivity contribution in [2.45, 2.75) is 207 Å². The van der Waals surface area contributed by atoms with E-state index < -0.39 is 0 Å². The number of likely N-dealkylation sites (tertiary alicyclic amines) is 3. The molecule has 12 nitrogen and oxygen atoms in total. The van der Waals surface area contributed by atoms with Crippen molar-refractivity contribution >= 4 is 34.1 Å². The van der Waals surface area contributed by atoms with Crippen LogP contribution in [0.5, 0.6) is 0 Å². The smallest absolute Gasteiger partial charge is 0.0366 e. The summed E-state index contributed by atoms with van der Waals surface area (Å²) in [4.78, 5) is 23.2. The number of likely N-dealkylation sites (N-methyl/N-ethyl adjacent to an activating group) is 3. The highest BCUT2D eigenvalue weighted by atomic mass is 15.2. The molecule has 6 aliphatic carbocycles. The Labute approximate surface area is 688 Å². The van der Waals surface area contributed by atoms with Crippen LogP contribution in [0, 0.1) is 35.5 Å². The Morgan fingerprint density at radius 3 is 0.553 bits per heavy atom. The van der Waals surface area contributed by atoms with E-state index in [0.29, 0.717) is 32.5 Å². The first-order valence-corrected chi connectivity index (χ1v) is 47.5. The van der Waals surface area contributed by atoms with Crippen molar-refractivity contribution < 1.29 is 0 Å². The normalized spacial score (nSPS) is 33.8. The Balaban J connectivity index is 0.0000000918. The first kappa shape index (κ1) is 77.8. The quantitative estimate of drug-likeness (QED) is 0.0918. The zero-order chi connectivity index (χ0) is 76.7. The molecule has 12 heterocycles. The van der Waals surface area contributed by atoms with Gasteiger partial charge in [-0.05, 0) is 335 Å². The molecule has 6 saturated carbocycles. The van der Waals surface area contributed by atoms with Crippen LogP contribution in [0.2, 0.25) is 0 Å². The lowest BCUT2D eigenvalue weighted by Gasteiger charge is -2.29. The minimum absolute atomic E-state index is 0.514. The van der Waals surface area contributed by atoms with Gasteiger partial charge in [-0.2, -0.15) is 0 Å². The Bertz CT molecular complexity index is 3670. The Morgan fingerprint density at radius 2 is 0.404 bits per heavy atom. The van der Waals surface area contributed by atoms with Crippen LogP contribution in [0.3, 0.4) is 0 Å². The minimum Gasteiger partial charge on any atom is -0.372 e. The second kappa shape index (κ2) is 33.6. The third-order valence-electron chi connectivity index (χ3n) is 33.2. The molecule has 612 valence electrons. The van der Waals surface area contributed by atoms with Crippen LogP contribution in [0.4, 0.5) is 34.1 Å². The third-order valence-corrected chi connectivity index (χ3v) is 33.2. The van der Waals surface area contributed by atoms with E-state index in [9.17, 15) is 0 Å². The Morgan fingerprint density at radius 1 is 0.228 bits per heavy atom. The predicted octanol–water partition coefficient (Wildman–Crippen LogP) is 17.4. The molecular weight excluding hydrogens is 1390 g/mol. The van der Waals surface area contributed by atoms with E-state index in [1.807, 2.05) is 0 Å². The molecule has 6 aromatic rings. The summed E-state index contributed by atoms with van der Waals surface area (Å²) in [5.74, 6) is 5.55. The van der Waals surface area contributed by atoms with Gasteiger partial charge in [0.1, 0.15) is 0 Å². The third kappa shape index (κ3) is 16.0. The average molecular weight is 1540 g/mol. The van der Waals surface area contributed by atoms with Crippen molar-refractivity contribution in [1.29, 1.82) is 0 Å². The highest BCUT2D eigenvalue weighted by molar-refractivity contribution is 5.57. The average Bonchev–Trinajstić information content (AvgIpc) is 1.59. The molecule has 0 aromatic heterocycles. The molecule has 0 spiro atoms. The number of hydrogen-bond donors (Lipinski definition) is 3. The maximum Gasteiger partial charge on any atom is 0.0366 e. The van der Waals surface area contributed by atoms with Gasteiger partial charge in [0.2, 0.25) is 0 Å². The van der Waals surface area contributed by atoms with Crippen LogP contribution in [0.25, 0.3) is 0 Å². The van der Waals surface area contributed by atoms with E-state index in [4.69, 9.17) is 0 Å². The number of fused-ring (bicyclic) bond motifs is 6. The fourth-order valence-corrected chi connectivity index (χ4v) is 25.1. The van der Waals surface area contributed by atoms with Gasteiger partial charge in [-0.3, -0.25) is 0 Å². The van der Waals surface area contributed by atoms with Gasteiger partial charge in [0.25, 0.3) is 0 Å². The molecule has 4 unspecified atom stereocenters. The monoisotopic (exact) mass is 1540 g/mol. The lowest BCUT2D eigenvalue weighted by molar-refractivity contribution is 0.314. The van der Waals surface area contributed by atoms with E-state index in [1.54, 1.807) is 33.4 Å². The second-order valence-corrected chi connectivity index (χ2v) is 39.8. The van der Waals surface area contributed by atoms with Gasteiger partial charge in [-0.25, -0.2) is 0 Å². The van der Waals surface area contributed by atoms with Crippen LogP contribution >= 0.6 is 0 Å². The van der Waals surface area contributed by atoms with Crippen molar-refractivity contribution in [2.24, 2.45) is 35.5 Å². The van der Waals surface area contributed by atoms with E-state index in [1.165, 1.54) is 365 Å². The first-order chi connectivity index (χ1) is 56.1. The van der Waals surface area contributed by atoms with E-state index in [0.717, 1.165) is 35.5 Å². The molecular formula is C102H144N12. The molecule has 12 atom stereocenters. The molecule has 12 heteroatoms. The summed E-state index contributed by atoms with van der Waals surface area (Å²) >= 11 is 0. The predicted molar refractivity (Wildman–Crippen MR) is 479 cm³/mol. The SMILES string of the molecule is CCN1CC2CC2(c2ccc(N3CCCCC3)cc2)C1.CCN1C[C@@H]2C[C@]2(c2ccc(N3CCCCC3)cc2)C1.CCN1C[C@H]2C[C@@]2(c2ccc(N3CCCCC3)cc2)C1.c1cc(C23CNCC2C3)ccc1N1CCCCC1.c1cc([C@@]23CNC[C@@H]2C3)ccc1N1CCCCC1.c1cc([C@]23CNC[C@H]2C3)ccc1N1CCCCC1. The highest BCUT2D eigenvalue weighted by Gasteiger charge is 2.63. The number of nitrogens with zero attached hydrogens (tertiary/aromatic N) is 9. The molecule has 18 aliphatic rings. The second-order valence-electron chi connectivity index (χ2n) is 39.8. The van der Waals surface area contributed by atoms with Gasteiger partial charge in [-0.1, -0.05) is 93.6 Å². The molecule has 0 amide bonds. The van der Waals surface area contributed by atoms with Crippen LogP contribution in [-0.2, 0) is 32.5 Å². The van der Waals surface area contributed by atoms with Crippen molar-refractivity contribution in [2.75, 3.05) is 206 Å². The van der Waals surface area contributed by atoms with E-state index in [2.05, 4.69) is 226 Å². The topological polar surface area (TPSA) is 65.3 Å². The summed E-state index contributed by atoms with van der Waals surface area (Å²) in [6.45, 7) is 40.6. The zero-order valence-corrected chi connectivity index (χ0v) is 70.9. The van der Waals surface area contributed by atoms with Crippen LogP contribution in [0.1, 0.15) is 208 Å². The number of nitrogens with one attached hydrogen (secondary N) is 3. The van der Waals surface area contributed by atoms with Crippen molar-refractivity contribution in [3.63, 3.8) is 0 Å². The van der Waals surface area contributed by atoms with Crippen molar-refractivity contribution in [1.82, 2.24) is 30.7 Å². The van der Waals surface area contributed by atoms with Gasteiger partial charge in [0.15, 0.2) is 0 Å². The van der Waals surface area contributed by atoms with E-state index >= 15 is 0 Å². The van der Waals surface area contributed by atoms with Gasteiger partial charge >= 0.3 is 0 Å². The molecule has 0 radical (unpaired) electrons. The summed E-state index contributed by atoms with van der Waals surface area (Å²) in [6.07, 6.45) is 33.3. The Hall–Kier alpha value is -6.12. The molecule has 24 rings (SSSR count). The fraction of sp³-hybridized carbons (Fsp3) is 0.647.